The highest BCUT2D eigenvalue weighted by molar-refractivity contribution is 7.98. The lowest BCUT2D eigenvalue weighted by Crippen LogP contribution is -2.26. The van der Waals surface area contributed by atoms with Crippen LogP contribution in [-0.4, -0.2) is 24.5 Å². The van der Waals surface area contributed by atoms with Crippen molar-refractivity contribution in [2.75, 3.05) is 18.6 Å². The molecule has 0 aliphatic rings. The number of carbonyl (C=O) groups is 1. The van der Waals surface area contributed by atoms with Gasteiger partial charge in [-0.1, -0.05) is 29.8 Å². The maximum absolute atomic E-state index is 13.6. The third-order valence-corrected chi connectivity index (χ3v) is 5.33. The van der Waals surface area contributed by atoms with Crippen molar-refractivity contribution in [1.82, 2.24) is 5.32 Å². The number of hydrogen-bond donors (Lipinski definition) is 1. The van der Waals surface area contributed by atoms with E-state index in [2.05, 4.69) is 5.32 Å². The lowest BCUT2D eigenvalue weighted by molar-refractivity contribution is 0.0953. The third-order valence-electron chi connectivity index (χ3n) is 3.19. The van der Waals surface area contributed by atoms with E-state index in [4.69, 9.17) is 11.6 Å². The Bertz CT molecular complexity index is 661. The number of halogens is 2. The predicted molar refractivity (Wildman–Crippen MR) is 98.1 cm³/mol. The van der Waals surface area contributed by atoms with Crippen LogP contribution in [0.1, 0.15) is 15.9 Å². The number of amides is 1. The molecule has 0 bridgehead atoms. The van der Waals surface area contributed by atoms with Crippen molar-refractivity contribution in [3.05, 3.63) is 64.4 Å². The lowest BCUT2D eigenvalue weighted by Gasteiger charge is -2.09. The zero-order valence-electron chi connectivity index (χ0n) is 12.6. The van der Waals surface area contributed by atoms with E-state index in [1.165, 1.54) is 17.8 Å². The molecule has 2 aromatic rings. The summed E-state index contributed by atoms with van der Waals surface area (Å²) < 4.78 is 13.6. The Labute approximate surface area is 149 Å². The number of thioether (sulfide) groups is 2. The van der Waals surface area contributed by atoms with E-state index in [1.54, 1.807) is 23.9 Å². The first-order valence-electron chi connectivity index (χ1n) is 7.05. The molecule has 0 atom stereocenters. The molecule has 0 aromatic heterocycles. The standard InChI is InChI=1S/C17H17ClFNOS2/c1-22-16-8-3-2-5-12(16)17(21)20-9-10-23-11-13-14(18)6-4-7-15(13)19/h2-8H,9-11H2,1H3,(H,20,21). The second-order valence-corrected chi connectivity index (χ2v) is 7.07. The molecule has 2 aromatic carbocycles. The molecule has 6 heteroatoms. The van der Waals surface area contributed by atoms with Crippen LogP contribution in [0.25, 0.3) is 0 Å². The smallest absolute Gasteiger partial charge is 0.252 e. The fraction of sp³-hybridized carbons (Fsp3) is 0.235. The highest BCUT2D eigenvalue weighted by Gasteiger charge is 2.10. The molecule has 0 aliphatic heterocycles. The highest BCUT2D eigenvalue weighted by atomic mass is 35.5. The van der Waals surface area contributed by atoms with Crippen LogP contribution >= 0.6 is 35.1 Å². The Hall–Kier alpha value is -1.17. The Morgan fingerprint density at radius 1 is 1.22 bits per heavy atom. The minimum Gasteiger partial charge on any atom is -0.351 e. The van der Waals surface area contributed by atoms with Gasteiger partial charge in [0.25, 0.3) is 5.91 Å². The molecule has 0 spiro atoms. The summed E-state index contributed by atoms with van der Waals surface area (Å²) in [5, 5.41) is 3.33. The molecule has 0 heterocycles. The first kappa shape index (κ1) is 18.2. The minimum atomic E-state index is -0.289. The van der Waals surface area contributed by atoms with Gasteiger partial charge in [-0.25, -0.2) is 4.39 Å². The molecule has 0 saturated heterocycles. The van der Waals surface area contributed by atoms with Crippen molar-refractivity contribution >= 4 is 41.0 Å². The SMILES string of the molecule is CSc1ccccc1C(=O)NCCSCc1c(F)cccc1Cl. The van der Waals surface area contributed by atoms with E-state index in [-0.39, 0.29) is 11.7 Å². The Morgan fingerprint density at radius 3 is 2.74 bits per heavy atom. The third kappa shape index (κ3) is 5.16. The summed E-state index contributed by atoms with van der Waals surface area (Å²) in [6, 6.07) is 12.2. The molecule has 0 saturated carbocycles. The minimum absolute atomic E-state index is 0.0838. The predicted octanol–water partition coefficient (Wildman–Crippen LogP) is 4.86. The van der Waals surface area contributed by atoms with E-state index in [0.29, 0.717) is 34.2 Å². The van der Waals surface area contributed by atoms with Gasteiger partial charge in [-0.05, 0) is 30.5 Å². The van der Waals surface area contributed by atoms with Crippen LogP contribution in [0.3, 0.4) is 0 Å². The van der Waals surface area contributed by atoms with Crippen molar-refractivity contribution in [2.45, 2.75) is 10.6 Å². The second-order valence-electron chi connectivity index (χ2n) is 4.71. The van der Waals surface area contributed by atoms with Crippen molar-refractivity contribution in [1.29, 1.82) is 0 Å². The molecular formula is C17H17ClFNOS2. The van der Waals surface area contributed by atoms with Crippen molar-refractivity contribution < 1.29 is 9.18 Å². The average Bonchev–Trinajstić information content (AvgIpc) is 2.56. The highest BCUT2D eigenvalue weighted by Crippen LogP contribution is 2.23. The van der Waals surface area contributed by atoms with E-state index in [0.717, 1.165) is 4.90 Å². The Kier molecular flexibility index (Phi) is 7.27. The number of nitrogens with one attached hydrogen (secondary N) is 1. The van der Waals surface area contributed by atoms with Gasteiger partial charge in [0, 0.05) is 33.5 Å². The largest absolute Gasteiger partial charge is 0.351 e. The lowest BCUT2D eigenvalue weighted by atomic mass is 10.2. The molecule has 122 valence electrons. The van der Waals surface area contributed by atoms with Gasteiger partial charge < -0.3 is 5.32 Å². The summed E-state index contributed by atoms with van der Waals surface area (Å²) in [6.07, 6.45) is 1.94. The molecule has 0 fully saturated rings. The molecule has 1 N–H and O–H groups in total. The number of hydrogen-bond acceptors (Lipinski definition) is 3. The second kappa shape index (κ2) is 9.21. The summed E-state index contributed by atoms with van der Waals surface area (Å²) in [5.74, 6) is 0.808. The zero-order chi connectivity index (χ0) is 16.7. The van der Waals surface area contributed by atoms with Crippen molar-refractivity contribution in [3.63, 3.8) is 0 Å². The van der Waals surface area contributed by atoms with E-state index >= 15 is 0 Å². The van der Waals surface area contributed by atoms with Gasteiger partial charge in [0.2, 0.25) is 0 Å². The van der Waals surface area contributed by atoms with Gasteiger partial charge >= 0.3 is 0 Å². The molecule has 23 heavy (non-hydrogen) atoms. The molecule has 0 radical (unpaired) electrons. The molecule has 1 amide bonds. The van der Waals surface area contributed by atoms with Crippen molar-refractivity contribution in [3.8, 4) is 0 Å². The van der Waals surface area contributed by atoms with Gasteiger partial charge in [-0.3, -0.25) is 4.79 Å². The first-order valence-corrected chi connectivity index (χ1v) is 9.81. The van der Waals surface area contributed by atoms with E-state index in [1.807, 2.05) is 30.5 Å². The van der Waals surface area contributed by atoms with E-state index in [9.17, 15) is 9.18 Å². The molecule has 0 aliphatic carbocycles. The van der Waals surface area contributed by atoms with Crippen molar-refractivity contribution in [2.24, 2.45) is 0 Å². The number of carbonyl (C=O) groups excluding carboxylic acids is 1. The summed E-state index contributed by atoms with van der Waals surface area (Å²) in [4.78, 5) is 13.1. The maximum Gasteiger partial charge on any atom is 0.252 e. The number of rotatable bonds is 7. The van der Waals surface area contributed by atoms with Gasteiger partial charge in [0.15, 0.2) is 0 Å². The summed E-state index contributed by atoms with van der Waals surface area (Å²) in [6.45, 7) is 0.526. The normalized spacial score (nSPS) is 10.6. The van der Waals surface area contributed by atoms with Crippen LogP contribution in [0.5, 0.6) is 0 Å². The maximum atomic E-state index is 13.6. The fourth-order valence-electron chi connectivity index (χ4n) is 2.01. The van der Waals surface area contributed by atoms with Crippen LogP contribution in [-0.2, 0) is 5.75 Å². The summed E-state index contributed by atoms with van der Waals surface area (Å²) >= 11 is 9.06. The number of benzene rings is 2. The van der Waals surface area contributed by atoms with Gasteiger partial charge in [-0.2, -0.15) is 11.8 Å². The van der Waals surface area contributed by atoms with Crippen LogP contribution in [0.15, 0.2) is 47.4 Å². The zero-order valence-corrected chi connectivity index (χ0v) is 15.0. The molecule has 2 rings (SSSR count). The van der Waals surface area contributed by atoms with Crippen LogP contribution in [0.4, 0.5) is 4.39 Å². The summed E-state index contributed by atoms with van der Waals surface area (Å²) in [5.41, 5.74) is 1.19. The Morgan fingerprint density at radius 2 is 2.00 bits per heavy atom. The van der Waals surface area contributed by atoms with Gasteiger partial charge in [0.05, 0.1) is 5.56 Å². The van der Waals surface area contributed by atoms with Gasteiger partial charge in [0.1, 0.15) is 5.82 Å². The monoisotopic (exact) mass is 369 g/mol. The van der Waals surface area contributed by atoms with Crippen LogP contribution < -0.4 is 5.32 Å². The molecular weight excluding hydrogens is 353 g/mol. The average molecular weight is 370 g/mol. The Balaban J connectivity index is 1.78. The first-order chi connectivity index (χ1) is 11.1. The molecule has 2 nitrogen and oxygen atoms in total. The molecule has 0 unspecified atom stereocenters. The van der Waals surface area contributed by atoms with Crippen LogP contribution in [0.2, 0.25) is 5.02 Å². The summed E-state index contributed by atoms with van der Waals surface area (Å²) in [7, 11) is 0. The fourth-order valence-corrected chi connectivity index (χ4v) is 3.80. The van der Waals surface area contributed by atoms with Crippen LogP contribution in [0, 0.1) is 5.82 Å². The van der Waals surface area contributed by atoms with Gasteiger partial charge in [-0.15, -0.1) is 11.8 Å². The quantitative estimate of drug-likeness (QED) is 0.558. The topological polar surface area (TPSA) is 29.1 Å². The van der Waals surface area contributed by atoms with E-state index < -0.39 is 0 Å².